The van der Waals surface area contributed by atoms with E-state index in [1.165, 1.54) is 41.6 Å². The molecule has 0 atom stereocenters. The van der Waals surface area contributed by atoms with Crippen molar-refractivity contribution < 1.29 is 43.1 Å². The summed E-state index contributed by atoms with van der Waals surface area (Å²) in [6.07, 6.45) is 0. The fourth-order valence-corrected chi connectivity index (χ4v) is 2.98. The number of hydrogen-bond donors (Lipinski definition) is 2. The van der Waals surface area contributed by atoms with E-state index in [1.807, 2.05) is 0 Å². The van der Waals surface area contributed by atoms with Crippen LogP contribution < -0.4 is 29.1 Å². The summed E-state index contributed by atoms with van der Waals surface area (Å²) in [4.78, 5) is 22.0. The van der Waals surface area contributed by atoms with Crippen molar-refractivity contribution in [2.24, 2.45) is 0 Å². The predicted octanol–water partition coefficient (Wildman–Crippen LogP) is 3.30. The van der Waals surface area contributed by atoms with Crippen LogP contribution in [0.5, 0.6) is 34.5 Å². The zero-order valence-corrected chi connectivity index (χ0v) is 18.5. The number of carboxylic acid groups (broad SMARTS) is 1. The summed E-state index contributed by atoms with van der Waals surface area (Å²) in [6.45, 7) is 1.08. The molecule has 1 heterocycles. The number of carboxylic acids is 1. The van der Waals surface area contributed by atoms with Gasteiger partial charge in [-0.25, -0.2) is 0 Å². The van der Waals surface area contributed by atoms with E-state index in [4.69, 9.17) is 38.0 Å². The summed E-state index contributed by atoms with van der Waals surface area (Å²) < 4.78 is 32.1. The Labute approximate surface area is 183 Å². The number of ether oxygens (including phenoxy) is 5. The number of phenols is 1. The van der Waals surface area contributed by atoms with Gasteiger partial charge in [0.05, 0.1) is 35.5 Å². The van der Waals surface area contributed by atoms with Crippen LogP contribution in [0.25, 0.3) is 22.3 Å². The summed E-state index contributed by atoms with van der Waals surface area (Å²) in [5.41, 5.74) is 0.0977. The Kier molecular flexibility index (Phi) is 7.78. The van der Waals surface area contributed by atoms with Crippen LogP contribution in [0.15, 0.2) is 33.5 Å². The quantitative estimate of drug-likeness (QED) is 0.578. The summed E-state index contributed by atoms with van der Waals surface area (Å²) in [5, 5.41) is 17.9. The first-order chi connectivity index (χ1) is 15.2. The number of benzene rings is 2. The molecule has 10 nitrogen and oxygen atoms in total. The van der Waals surface area contributed by atoms with Crippen molar-refractivity contribution >= 4 is 16.9 Å². The van der Waals surface area contributed by atoms with Gasteiger partial charge in [0.2, 0.25) is 16.9 Å². The van der Waals surface area contributed by atoms with E-state index in [0.717, 1.165) is 6.92 Å². The van der Waals surface area contributed by atoms with Gasteiger partial charge in [-0.1, -0.05) is 0 Å². The largest absolute Gasteiger partial charge is 0.504 e. The molecule has 10 heteroatoms. The minimum Gasteiger partial charge on any atom is -0.504 e. The average molecular weight is 448 g/mol. The third kappa shape index (κ3) is 4.64. The maximum absolute atomic E-state index is 13.0. The molecule has 0 aliphatic rings. The third-order valence-corrected chi connectivity index (χ3v) is 4.31. The van der Waals surface area contributed by atoms with Crippen LogP contribution >= 0.6 is 0 Å². The van der Waals surface area contributed by atoms with Gasteiger partial charge in [0.1, 0.15) is 11.0 Å². The monoisotopic (exact) mass is 448 g/mol. The van der Waals surface area contributed by atoms with E-state index in [9.17, 15) is 9.90 Å². The summed E-state index contributed by atoms with van der Waals surface area (Å²) >= 11 is 0. The highest BCUT2D eigenvalue weighted by Crippen LogP contribution is 2.44. The molecule has 0 bridgehead atoms. The maximum atomic E-state index is 13.0. The number of methoxy groups -OCH3 is 5. The lowest BCUT2D eigenvalue weighted by Crippen LogP contribution is -2.08. The summed E-state index contributed by atoms with van der Waals surface area (Å²) in [5.74, 6) is 0.122. The normalized spacial score (nSPS) is 10.1. The van der Waals surface area contributed by atoms with Crippen molar-refractivity contribution in [1.82, 2.24) is 0 Å². The van der Waals surface area contributed by atoms with Crippen LogP contribution in [0.1, 0.15) is 6.92 Å². The van der Waals surface area contributed by atoms with E-state index in [1.54, 1.807) is 18.2 Å². The molecule has 172 valence electrons. The van der Waals surface area contributed by atoms with E-state index in [2.05, 4.69) is 0 Å². The first-order valence-corrected chi connectivity index (χ1v) is 9.14. The highest BCUT2D eigenvalue weighted by molar-refractivity contribution is 5.91. The van der Waals surface area contributed by atoms with Gasteiger partial charge >= 0.3 is 0 Å². The molecule has 3 rings (SSSR count). The Morgan fingerprint density at radius 2 is 1.41 bits per heavy atom. The summed E-state index contributed by atoms with van der Waals surface area (Å²) in [6, 6.07) is 6.52. The van der Waals surface area contributed by atoms with Crippen LogP contribution in [0.3, 0.4) is 0 Å². The minimum atomic E-state index is -0.833. The molecule has 1 aromatic heterocycles. The van der Waals surface area contributed by atoms with Gasteiger partial charge < -0.3 is 38.3 Å². The fourth-order valence-electron chi connectivity index (χ4n) is 2.98. The van der Waals surface area contributed by atoms with Crippen LogP contribution in [0.2, 0.25) is 0 Å². The molecule has 0 fully saturated rings. The fraction of sp³-hybridized carbons (Fsp3) is 0.273. The molecule has 0 aliphatic heterocycles. The molecule has 32 heavy (non-hydrogen) atoms. The molecule has 2 aromatic carbocycles. The standard InChI is InChI=1S/C20H20O8.C2H4O2/c1-23-11-7-6-10(8-12(11)24-2)18-20(27-5)17(22)15-13(28-18)9-14(25-3)19(26-4)16(15)21;1-2(3)4/h6-9,21H,1-5H3;1H3,(H,3,4). The van der Waals surface area contributed by atoms with Crippen molar-refractivity contribution in [3.05, 3.63) is 34.5 Å². The van der Waals surface area contributed by atoms with Gasteiger partial charge in [0.25, 0.3) is 5.97 Å². The maximum Gasteiger partial charge on any atom is 0.300 e. The van der Waals surface area contributed by atoms with Gasteiger partial charge in [-0.2, -0.15) is 0 Å². The van der Waals surface area contributed by atoms with Crippen LogP contribution in [-0.4, -0.2) is 51.7 Å². The molecule has 0 radical (unpaired) electrons. The lowest BCUT2D eigenvalue weighted by atomic mass is 10.1. The van der Waals surface area contributed by atoms with Crippen molar-refractivity contribution in [2.45, 2.75) is 6.92 Å². The predicted molar refractivity (Wildman–Crippen MR) is 116 cm³/mol. The molecule has 0 aliphatic carbocycles. The van der Waals surface area contributed by atoms with Crippen molar-refractivity contribution in [2.75, 3.05) is 35.5 Å². The number of carbonyl (C=O) groups is 1. The van der Waals surface area contributed by atoms with Crippen LogP contribution in [0, 0.1) is 0 Å². The molecule has 0 spiro atoms. The Bertz CT molecular complexity index is 1180. The molecule has 0 amide bonds. The lowest BCUT2D eigenvalue weighted by molar-refractivity contribution is -0.134. The minimum absolute atomic E-state index is 0.0308. The lowest BCUT2D eigenvalue weighted by Gasteiger charge is -2.14. The van der Waals surface area contributed by atoms with Crippen molar-refractivity contribution in [1.29, 1.82) is 0 Å². The molecule has 2 N–H and O–H groups in total. The number of phenolic OH excluding ortho intramolecular Hbond substituents is 1. The number of hydrogen-bond acceptors (Lipinski definition) is 9. The number of aliphatic carboxylic acids is 1. The summed E-state index contributed by atoms with van der Waals surface area (Å²) in [7, 11) is 7.15. The second-order valence-corrected chi connectivity index (χ2v) is 6.22. The SMILES string of the molecule is CC(=O)O.COc1ccc(-c2oc3cc(OC)c(OC)c(O)c3c(=O)c2OC)cc1OC. The van der Waals surface area contributed by atoms with Crippen LogP contribution in [-0.2, 0) is 4.79 Å². The van der Waals surface area contributed by atoms with Gasteiger partial charge in [-0.3, -0.25) is 9.59 Å². The molecule has 0 saturated carbocycles. The number of aromatic hydroxyl groups is 1. The molecular formula is C22H24O10. The Morgan fingerprint density at radius 3 is 1.91 bits per heavy atom. The van der Waals surface area contributed by atoms with Crippen molar-refractivity contribution in [3.8, 4) is 45.8 Å². The molecule has 3 aromatic rings. The highest BCUT2D eigenvalue weighted by atomic mass is 16.5. The zero-order chi connectivity index (χ0) is 24.0. The van der Waals surface area contributed by atoms with Crippen LogP contribution in [0.4, 0.5) is 0 Å². The van der Waals surface area contributed by atoms with E-state index < -0.39 is 11.4 Å². The number of rotatable bonds is 6. The second-order valence-electron chi connectivity index (χ2n) is 6.22. The van der Waals surface area contributed by atoms with Crippen molar-refractivity contribution in [3.63, 3.8) is 0 Å². The highest BCUT2D eigenvalue weighted by Gasteiger charge is 2.24. The first kappa shape index (κ1) is 24.2. The smallest absolute Gasteiger partial charge is 0.300 e. The molecule has 0 unspecified atom stereocenters. The van der Waals surface area contributed by atoms with Gasteiger partial charge in [0, 0.05) is 18.6 Å². The van der Waals surface area contributed by atoms with E-state index in [0.29, 0.717) is 17.1 Å². The molecular weight excluding hydrogens is 424 g/mol. The topological polar surface area (TPSA) is 134 Å². The third-order valence-electron chi connectivity index (χ3n) is 4.31. The van der Waals surface area contributed by atoms with Gasteiger partial charge in [-0.05, 0) is 18.2 Å². The number of fused-ring (bicyclic) bond motifs is 1. The molecule has 0 saturated heterocycles. The Balaban J connectivity index is 0.000000837. The first-order valence-electron chi connectivity index (χ1n) is 9.14. The second kappa shape index (κ2) is 10.3. The Hall–Kier alpha value is -4.08. The van der Waals surface area contributed by atoms with Gasteiger partial charge in [-0.15, -0.1) is 0 Å². The zero-order valence-electron chi connectivity index (χ0n) is 18.5. The average Bonchev–Trinajstić information content (AvgIpc) is 2.77. The van der Waals surface area contributed by atoms with Gasteiger partial charge in [0.15, 0.2) is 28.8 Å². The van der Waals surface area contributed by atoms with E-state index in [-0.39, 0.29) is 39.7 Å². The Morgan fingerprint density at radius 1 is 0.844 bits per heavy atom. The van der Waals surface area contributed by atoms with E-state index >= 15 is 0 Å².